The molecule has 0 aromatic rings. The van der Waals surface area contributed by atoms with Gasteiger partial charge in [0.2, 0.25) is 5.91 Å². The van der Waals surface area contributed by atoms with Crippen molar-refractivity contribution in [2.24, 2.45) is 5.92 Å². The third kappa shape index (κ3) is 6.98. The van der Waals surface area contributed by atoms with E-state index in [1.165, 1.54) is 44.9 Å². The van der Waals surface area contributed by atoms with Gasteiger partial charge in [0.25, 0.3) is 0 Å². The maximum absolute atomic E-state index is 12.0. The highest BCUT2D eigenvalue weighted by Gasteiger charge is 2.34. The molecule has 0 spiro atoms. The summed E-state index contributed by atoms with van der Waals surface area (Å²) in [6.07, 6.45) is 13.5. The molecular weight excluding hydrogens is 234 g/mol. The summed E-state index contributed by atoms with van der Waals surface area (Å²) >= 11 is 0. The molecule has 0 aromatic heterocycles. The number of rotatable bonds is 11. The fourth-order valence-electron chi connectivity index (χ4n) is 2.68. The highest BCUT2D eigenvalue weighted by atomic mass is 16.2. The van der Waals surface area contributed by atoms with Crippen LogP contribution in [0.3, 0.4) is 0 Å². The molecule has 1 unspecified atom stereocenters. The van der Waals surface area contributed by atoms with E-state index >= 15 is 0 Å². The van der Waals surface area contributed by atoms with Crippen molar-refractivity contribution < 1.29 is 4.79 Å². The van der Waals surface area contributed by atoms with Gasteiger partial charge in [0.05, 0.1) is 0 Å². The van der Waals surface area contributed by atoms with E-state index in [1.54, 1.807) is 0 Å². The summed E-state index contributed by atoms with van der Waals surface area (Å²) < 4.78 is 0. The fraction of sp³-hybridized carbons (Fsp3) is 0.941. The predicted molar refractivity (Wildman–Crippen MR) is 82.2 cm³/mol. The van der Waals surface area contributed by atoms with Crippen LogP contribution in [-0.4, -0.2) is 11.4 Å². The first-order valence-electron chi connectivity index (χ1n) is 8.43. The van der Waals surface area contributed by atoms with E-state index in [2.05, 4.69) is 26.1 Å². The van der Waals surface area contributed by atoms with Gasteiger partial charge in [0.1, 0.15) is 0 Å². The lowest BCUT2D eigenvalue weighted by molar-refractivity contribution is -0.124. The molecule has 112 valence electrons. The minimum absolute atomic E-state index is 0.0435. The second-order valence-corrected chi connectivity index (χ2v) is 6.59. The van der Waals surface area contributed by atoms with Crippen LogP contribution >= 0.6 is 0 Å². The molecule has 1 saturated carbocycles. The Morgan fingerprint density at radius 3 is 2.16 bits per heavy atom. The van der Waals surface area contributed by atoms with Gasteiger partial charge < -0.3 is 5.32 Å². The average Bonchev–Trinajstić information content (AvgIpc) is 3.20. The maximum Gasteiger partial charge on any atom is 0.223 e. The summed E-state index contributed by atoms with van der Waals surface area (Å²) in [6, 6.07) is 0. The molecule has 2 heteroatoms. The van der Waals surface area contributed by atoms with Gasteiger partial charge in [-0.15, -0.1) is 0 Å². The standard InChI is InChI=1S/C17H33NO/c1-4-6-8-9-10-14-17(3,13-7-5-2)18-16(19)15-11-12-15/h15H,4-14H2,1-3H3,(H,18,19). The minimum Gasteiger partial charge on any atom is -0.351 e. The molecular formula is C17H33NO. The van der Waals surface area contributed by atoms with E-state index in [4.69, 9.17) is 0 Å². The summed E-state index contributed by atoms with van der Waals surface area (Å²) in [4.78, 5) is 12.0. The zero-order valence-corrected chi connectivity index (χ0v) is 13.3. The highest BCUT2D eigenvalue weighted by molar-refractivity contribution is 5.81. The van der Waals surface area contributed by atoms with Crippen LogP contribution in [0, 0.1) is 5.92 Å². The van der Waals surface area contributed by atoms with Gasteiger partial charge in [-0.1, -0.05) is 58.8 Å². The van der Waals surface area contributed by atoms with Gasteiger partial charge in [0.15, 0.2) is 0 Å². The summed E-state index contributed by atoms with van der Waals surface area (Å²) in [5.41, 5.74) is 0.0435. The zero-order chi connectivity index (χ0) is 14.1. The molecule has 0 radical (unpaired) electrons. The molecule has 19 heavy (non-hydrogen) atoms. The molecule has 1 atom stereocenters. The van der Waals surface area contributed by atoms with Crippen molar-refractivity contribution in [1.29, 1.82) is 0 Å². The van der Waals surface area contributed by atoms with E-state index < -0.39 is 0 Å². The Bertz CT molecular complexity index is 260. The third-order valence-corrected chi connectivity index (χ3v) is 4.29. The number of amides is 1. The number of hydrogen-bond donors (Lipinski definition) is 1. The van der Waals surface area contributed by atoms with Crippen molar-refractivity contribution in [3.8, 4) is 0 Å². The second-order valence-electron chi connectivity index (χ2n) is 6.59. The first kappa shape index (κ1) is 16.5. The van der Waals surface area contributed by atoms with E-state index in [0.29, 0.717) is 11.8 Å². The van der Waals surface area contributed by atoms with Crippen molar-refractivity contribution in [1.82, 2.24) is 5.32 Å². The lowest BCUT2D eigenvalue weighted by atomic mass is 9.88. The maximum atomic E-state index is 12.0. The molecule has 2 nitrogen and oxygen atoms in total. The van der Waals surface area contributed by atoms with Crippen molar-refractivity contribution in [2.75, 3.05) is 0 Å². The lowest BCUT2D eigenvalue weighted by Gasteiger charge is -2.31. The Kier molecular flexibility index (Phi) is 7.48. The largest absolute Gasteiger partial charge is 0.351 e. The Morgan fingerprint density at radius 1 is 1.00 bits per heavy atom. The van der Waals surface area contributed by atoms with E-state index in [0.717, 1.165) is 25.7 Å². The van der Waals surface area contributed by atoms with E-state index in [9.17, 15) is 4.79 Å². The van der Waals surface area contributed by atoms with Gasteiger partial charge in [-0.25, -0.2) is 0 Å². The first-order chi connectivity index (χ1) is 9.11. The molecule has 0 aliphatic heterocycles. The van der Waals surface area contributed by atoms with Crippen LogP contribution < -0.4 is 5.32 Å². The van der Waals surface area contributed by atoms with Gasteiger partial charge in [-0.05, 0) is 32.6 Å². The van der Waals surface area contributed by atoms with Crippen LogP contribution in [0.1, 0.15) is 91.4 Å². The monoisotopic (exact) mass is 267 g/mol. The normalized spacial score (nSPS) is 18.1. The summed E-state index contributed by atoms with van der Waals surface area (Å²) in [7, 11) is 0. The Morgan fingerprint density at radius 2 is 1.58 bits per heavy atom. The molecule has 1 N–H and O–H groups in total. The van der Waals surface area contributed by atoms with Crippen LogP contribution in [0.15, 0.2) is 0 Å². The molecule has 1 fully saturated rings. The Hall–Kier alpha value is -0.530. The second kappa shape index (κ2) is 8.60. The molecule has 0 aromatic carbocycles. The van der Waals surface area contributed by atoms with Crippen molar-refractivity contribution >= 4 is 5.91 Å². The average molecular weight is 267 g/mol. The lowest BCUT2D eigenvalue weighted by Crippen LogP contribution is -2.46. The highest BCUT2D eigenvalue weighted by Crippen LogP contribution is 2.31. The van der Waals surface area contributed by atoms with Crippen LogP contribution in [0.4, 0.5) is 0 Å². The zero-order valence-electron chi connectivity index (χ0n) is 13.3. The van der Waals surface area contributed by atoms with Crippen molar-refractivity contribution in [3.05, 3.63) is 0 Å². The fourth-order valence-corrected chi connectivity index (χ4v) is 2.68. The van der Waals surface area contributed by atoms with Gasteiger partial charge in [-0.3, -0.25) is 4.79 Å². The van der Waals surface area contributed by atoms with Gasteiger partial charge in [-0.2, -0.15) is 0 Å². The number of hydrogen-bond acceptors (Lipinski definition) is 1. The molecule has 1 rings (SSSR count). The smallest absolute Gasteiger partial charge is 0.223 e. The summed E-state index contributed by atoms with van der Waals surface area (Å²) in [6.45, 7) is 6.73. The Balaban J connectivity index is 2.32. The number of unbranched alkanes of at least 4 members (excludes halogenated alkanes) is 5. The number of carbonyl (C=O) groups excluding carboxylic acids is 1. The van der Waals surface area contributed by atoms with Crippen LogP contribution in [0.25, 0.3) is 0 Å². The molecule has 1 amide bonds. The van der Waals surface area contributed by atoms with E-state index in [1.807, 2.05) is 0 Å². The number of carbonyl (C=O) groups is 1. The quantitative estimate of drug-likeness (QED) is 0.534. The Labute approximate surface area is 119 Å². The number of nitrogens with one attached hydrogen (secondary N) is 1. The van der Waals surface area contributed by atoms with Gasteiger partial charge >= 0.3 is 0 Å². The SMILES string of the molecule is CCCCCCCC(C)(CCCC)NC(=O)C1CC1. The summed E-state index contributed by atoms with van der Waals surface area (Å²) in [5, 5.41) is 3.34. The molecule has 0 saturated heterocycles. The molecule has 1 aliphatic carbocycles. The van der Waals surface area contributed by atoms with Crippen molar-refractivity contribution in [2.45, 2.75) is 96.9 Å². The van der Waals surface area contributed by atoms with Crippen LogP contribution in [0.2, 0.25) is 0 Å². The first-order valence-corrected chi connectivity index (χ1v) is 8.43. The molecule has 0 heterocycles. The predicted octanol–water partition coefficient (Wildman–Crippen LogP) is 4.82. The van der Waals surface area contributed by atoms with Crippen molar-refractivity contribution in [3.63, 3.8) is 0 Å². The molecule has 1 aliphatic rings. The van der Waals surface area contributed by atoms with Gasteiger partial charge in [0, 0.05) is 11.5 Å². The van der Waals surface area contributed by atoms with Crippen LogP contribution in [-0.2, 0) is 4.79 Å². The van der Waals surface area contributed by atoms with E-state index in [-0.39, 0.29) is 5.54 Å². The third-order valence-electron chi connectivity index (χ3n) is 4.29. The topological polar surface area (TPSA) is 29.1 Å². The molecule has 0 bridgehead atoms. The minimum atomic E-state index is 0.0435. The van der Waals surface area contributed by atoms with Crippen LogP contribution in [0.5, 0.6) is 0 Å². The summed E-state index contributed by atoms with van der Waals surface area (Å²) in [5.74, 6) is 0.646.